The topological polar surface area (TPSA) is 91.7 Å². The molecular formula is C16H19ClO5S. The van der Waals surface area contributed by atoms with Crippen molar-refractivity contribution in [3.05, 3.63) is 29.3 Å². The number of carbonyl (C=O) groups is 2. The van der Waals surface area contributed by atoms with Crippen LogP contribution in [0, 0.1) is 17.3 Å². The Hall–Kier alpha value is -1.40. The monoisotopic (exact) mass is 358 g/mol. The zero-order valence-electron chi connectivity index (χ0n) is 12.9. The molecule has 1 aromatic carbocycles. The number of hydrogen-bond acceptors (Lipinski definition) is 3. The Labute approximate surface area is 142 Å². The second-order valence-corrected chi connectivity index (χ2v) is 8.32. The summed E-state index contributed by atoms with van der Waals surface area (Å²) in [6, 6.07) is 6.68. The predicted molar refractivity (Wildman–Crippen MR) is 86.9 cm³/mol. The third-order valence-electron chi connectivity index (χ3n) is 4.61. The van der Waals surface area contributed by atoms with E-state index in [1.54, 1.807) is 24.3 Å². The van der Waals surface area contributed by atoms with Crippen LogP contribution in [-0.4, -0.2) is 31.6 Å². The molecule has 0 amide bonds. The van der Waals surface area contributed by atoms with Crippen molar-refractivity contribution < 1.29 is 24.0 Å². The van der Waals surface area contributed by atoms with Crippen LogP contribution in [0.25, 0.3) is 0 Å². The summed E-state index contributed by atoms with van der Waals surface area (Å²) in [4.78, 5) is 23.6. The number of benzene rings is 1. The van der Waals surface area contributed by atoms with Gasteiger partial charge in [0.2, 0.25) is 0 Å². The second-order valence-electron chi connectivity index (χ2n) is 6.27. The van der Waals surface area contributed by atoms with E-state index < -0.39 is 33.4 Å². The van der Waals surface area contributed by atoms with Crippen LogP contribution in [0.4, 0.5) is 0 Å². The molecule has 7 heteroatoms. The smallest absolute Gasteiger partial charge is 0.321 e. The lowest BCUT2D eigenvalue weighted by molar-refractivity contribution is -0.164. The molecule has 5 nitrogen and oxygen atoms in total. The van der Waals surface area contributed by atoms with Gasteiger partial charge in [0.1, 0.15) is 0 Å². The molecule has 2 rings (SSSR count). The van der Waals surface area contributed by atoms with Crippen molar-refractivity contribution in [2.45, 2.75) is 36.8 Å². The first kappa shape index (κ1) is 17.9. The Morgan fingerprint density at radius 2 is 1.78 bits per heavy atom. The molecule has 0 radical (unpaired) electrons. The van der Waals surface area contributed by atoms with Gasteiger partial charge in [0.05, 0.1) is 20.7 Å². The molecule has 0 bridgehead atoms. The number of carboxylic acid groups (broad SMARTS) is 2. The highest BCUT2D eigenvalue weighted by Gasteiger charge is 2.58. The Morgan fingerprint density at radius 1 is 1.22 bits per heavy atom. The lowest BCUT2D eigenvalue weighted by Crippen LogP contribution is -2.37. The van der Waals surface area contributed by atoms with Crippen molar-refractivity contribution >= 4 is 34.3 Å². The van der Waals surface area contributed by atoms with Crippen LogP contribution >= 0.6 is 11.6 Å². The van der Waals surface area contributed by atoms with Crippen LogP contribution in [0.1, 0.15) is 26.7 Å². The number of hydrogen-bond donors (Lipinski definition) is 2. The highest BCUT2D eigenvalue weighted by molar-refractivity contribution is 7.85. The molecule has 126 valence electrons. The van der Waals surface area contributed by atoms with Gasteiger partial charge in [-0.3, -0.25) is 13.8 Å². The molecule has 0 heterocycles. The molecular weight excluding hydrogens is 340 g/mol. The van der Waals surface area contributed by atoms with E-state index >= 15 is 0 Å². The molecule has 1 fully saturated rings. The molecule has 0 aliphatic heterocycles. The lowest BCUT2D eigenvalue weighted by atomic mass is 9.83. The summed E-state index contributed by atoms with van der Waals surface area (Å²) in [6.45, 7) is 3.78. The van der Waals surface area contributed by atoms with E-state index in [9.17, 15) is 24.0 Å². The summed E-state index contributed by atoms with van der Waals surface area (Å²) in [6.07, 6.45) is -0.172. The third kappa shape index (κ3) is 3.15. The van der Waals surface area contributed by atoms with Crippen LogP contribution in [0.15, 0.2) is 29.2 Å². The minimum Gasteiger partial charge on any atom is -0.480 e. The summed E-state index contributed by atoms with van der Waals surface area (Å²) in [5.41, 5.74) is -1.88. The Balaban J connectivity index is 2.44. The molecule has 1 unspecified atom stereocenters. The highest BCUT2D eigenvalue weighted by Crippen LogP contribution is 2.49. The molecule has 1 saturated carbocycles. The minimum atomic E-state index is -1.88. The van der Waals surface area contributed by atoms with E-state index in [0.717, 1.165) is 0 Å². The van der Waals surface area contributed by atoms with E-state index in [0.29, 0.717) is 9.92 Å². The van der Waals surface area contributed by atoms with Crippen molar-refractivity contribution in [1.82, 2.24) is 0 Å². The first-order valence-electron chi connectivity index (χ1n) is 7.32. The van der Waals surface area contributed by atoms with Crippen molar-refractivity contribution in [3.8, 4) is 0 Å². The lowest BCUT2D eigenvalue weighted by Gasteiger charge is -2.22. The van der Waals surface area contributed by atoms with E-state index in [1.807, 2.05) is 13.8 Å². The van der Waals surface area contributed by atoms with Gasteiger partial charge in [0, 0.05) is 5.25 Å². The number of carboxylic acids is 2. The van der Waals surface area contributed by atoms with E-state index in [4.69, 9.17) is 11.6 Å². The predicted octanol–water partition coefficient (Wildman–Crippen LogP) is 3.04. The first-order chi connectivity index (χ1) is 10.7. The van der Waals surface area contributed by atoms with Crippen LogP contribution < -0.4 is 0 Å². The Morgan fingerprint density at radius 3 is 2.26 bits per heavy atom. The zero-order chi connectivity index (χ0) is 17.4. The van der Waals surface area contributed by atoms with Gasteiger partial charge in [-0.1, -0.05) is 37.6 Å². The number of halogens is 1. The molecule has 2 N–H and O–H groups in total. The maximum absolute atomic E-state index is 13.0. The van der Waals surface area contributed by atoms with E-state index in [1.165, 1.54) is 0 Å². The van der Waals surface area contributed by atoms with Crippen molar-refractivity contribution in [2.75, 3.05) is 0 Å². The van der Waals surface area contributed by atoms with E-state index in [2.05, 4.69) is 0 Å². The average molecular weight is 359 g/mol. The molecule has 1 aliphatic carbocycles. The fraction of sp³-hybridized carbons (Fsp3) is 0.500. The molecule has 1 aromatic rings. The van der Waals surface area contributed by atoms with Crippen LogP contribution in [0.5, 0.6) is 0 Å². The maximum atomic E-state index is 13.0. The molecule has 1 aliphatic rings. The molecule has 0 spiro atoms. The SMILES string of the molecule is CC(C)[C@H]1CC(C(=O)O)(C(=O)O)C[C@H]1S(=O)c1ccccc1Cl. The molecule has 23 heavy (non-hydrogen) atoms. The summed E-state index contributed by atoms with van der Waals surface area (Å²) in [7, 11) is -1.56. The van der Waals surface area contributed by atoms with Gasteiger partial charge < -0.3 is 10.2 Å². The van der Waals surface area contributed by atoms with E-state index in [-0.39, 0.29) is 24.7 Å². The molecule has 0 saturated heterocycles. The summed E-state index contributed by atoms with van der Waals surface area (Å²) < 4.78 is 13.0. The normalized spacial score (nSPS) is 24.5. The molecule has 3 atom stereocenters. The average Bonchev–Trinajstić information content (AvgIpc) is 2.89. The fourth-order valence-electron chi connectivity index (χ4n) is 3.22. The van der Waals surface area contributed by atoms with Crippen molar-refractivity contribution in [1.29, 1.82) is 0 Å². The van der Waals surface area contributed by atoms with Crippen LogP contribution in [-0.2, 0) is 20.4 Å². The Kier molecular flexibility index (Phi) is 5.16. The molecule has 0 aromatic heterocycles. The largest absolute Gasteiger partial charge is 0.480 e. The first-order valence-corrected chi connectivity index (χ1v) is 8.91. The standard InChI is InChI=1S/C16H19ClO5S/c1-9(2)10-7-16(14(18)19,15(20)21)8-13(10)23(22)12-6-4-3-5-11(12)17/h3-6,9-10,13H,7-8H2,1-2H3,(H,18,19)(H,20,21)/t10-,13-,23?/m1/s1. The second kappa shape index (κ2) is 6.61. The van der Waals surface area contributed by atoms with Crippen molar-refractivity contribution in [3.63, 3.8) is 0 Å². The van der Waals surface area contributed by atoms with Gasteiger partial charge in [0.15, 0.2) is 5.41 Å². The zero-order valence-corrected chi connectivity index (χ0v) is 14.4. The van der Waals surface area contributed by atoms with Crippen LogP contribution in [0.2, 0.25) is 5.02 Å². The van der Waals surface area contributed by atoms with Gasteiger partial charge in [-0.05, 0) is 36.8 Å². The van der Waals surface area contributed by atoms with Gasteiger partial charge in [-0.25, -0.2) is 0 Å². The van der Waals surface area contributed by atoms with Gasteiger partial charge in [0.25, 0.3) is 0 Å². The van der Waals surface area contributed by atoms with Crippen molar-refractivity contribution in [2.24, 2.45) is 17.3 Å². The van der Waals surface area contributed by atoms with Gasteiger partial charge in [-0.2, -0.15) is 0 Å². The summed E-state index contributed by atoms with van der Waals surface area (Å²) >= 11 is 6.10. The Bertz CT molecular complexity index is 644. The number of aliphatic carboxylic acids is 2. The fourth-order valence-corrected chi connectivity index (χ4v) is 5.55. The van der Waals surface area contributed by atoms with Gasteiger partial charge >= 0.3 is 11.9 Å². The van der Waals surface area contributed by atoms with Gasteiger partial charge in [-0.15, -0.1) is 0 Å². The quantitative estimate of drug-likeness (QED) is 0.789. The van der Waals surface area contributed by atoms with Crippen LogP contribution in [0.3, 0.4) is 0 Å². The minimum absolute atomic E-state index is 0.0177. The summed E-state index contributed by atoms with van der Waals surface area (Å²) in [5.74, 6) is -2.98. The summed E-state index contributed by atoms with van der Waals surface area (Å²) in [5, 5.41) is 18.7. The highest BCUT2D eigenvalue weighted by atomic mass is 35.5. The maximum Gasteiger partial charge on any atom is 0.321 e. The third-order valence-corrected chi connectivity index (χ3v) is 6.91. The number of rotatable bonds is 5.